The maximum Gasteiger partial charge on any atom is 0.0254 e. The predicted molar refractivity (Wildman–Crippen MR) is 79.2 cm³/mol. The second-order valence-corrected chi connectivity index (χ2v) is 5.96. The molecule has 2 rings (SSSR count). The predicted octanol–water partition coefficient (Wildman–Crippen LogP) is 4.05. The minimum atomic E-state index is 0.735. The number of benzene rings is 1. The normalized spacial score (nSPS) is 23.5. The van der Waals surface area contributed by atoms with Gasteiger partial charge in [-0.1, -0.05) is 24.6 Å². The standard InChI is InChI=1S/C16H24ClN/c1-12-6-7-14(8-13(12)2)10-18-11-16-5-3-4-15(16)9-17/h6-8,15-16,18H,3-5,9-11H2,1-2H3. The monoisotopic (exact) mass is 265 g/mol. The van der Waals surface area contributed by atoms with E-state index in [4.69, 9.17) is 11.6 Å². The fourth-order valence-corrected chi connectivity index (χ4v) is 3.31. The zero-order chi connectivity index (χ0) is 13.0. The summed E-state index contributed by atoms with van der Waals surface area (Å²) in [6, 6.07) is 6.72. The first-order chi connectivity index (χ1) is 8.70. The van der Waals surface area contributed by atoms with E-state index in [9.17, 15) is 0 Å². The summed E-state index contributed by atoms with van der Waals surface area (Å²) in [5.74, 6) is 2.35. The molecule has 2 heteroatoms. The van der Waals surface area contributed by atoms with Gasteiger partial charge in [0.15, 0.2) is 0 Å². The summed E-state index contributed by atoms with van der Waals surface area (Å²) in [6.45, 7) is 6.44. The van der Waals surface area contributed by atoms with E-state index in [2.05, 4.69) is 37.4 Å². The Kier molecular flexibility index (Phi) is 5.08. The first kappa shape index (κ1) is 13.9. The second kappa shape index (κ2) is 6.58. The molecule has 2 atom stereocenters. The van der Waals surface area contributed by atoms with E-state index in [1.54, 1.807) is 0 Å². The van der Waals surface area contributed by atoms with E-state index < -0.39 is 0 Å². The van der Waals surface area contributed by atoms with Crippen LogP contribution in [0.3, 0.4) is 0 Å². The van der Waals surface area contributed by atoms with Crippen LogP contribution in [-0.4, -0.2) is 12.4 Å². The van der Waals surface area contributed by atoms with Crippen LogP contribution in [-0.2, 0) is 6.54 Å². The number of hydrogen-bond donors (Lipinski definition) is 1. The van der Waals surface area contributed by atoms with Gasteiger partial charge in [0.25, 0.3) is 0 Å². The molecule has 100 valence electrons. The maximum atomic E-state index is 6.01. The molecular weight excluding hydrogens is 242 g/mol. The van der Waals surface area contributed by atoms with Crippen molar-refractivity contribution >= 4 is 11.6 Å². The number of aryl methyl sites for hydroxylation is 2. The van der Waals surface area contributed by atoms with Crippen molar-refractivity contribution in [2.24, 2.45) is 11.8 Å². The van der Waals surface area contributed by atoms with E-state index in [1.165, 1.54) is 36.0 Å². The Hall–Kier alpha value is -0.530. The molecule has 0 radical (unpaired) electrons. The first-order valence-corrected chi connectivity index (χ1v) is 7.57. The third-order valence-corrected chi connectivity index (χ3v) is 4.72. The third-order valence-electron chi connectivity index (χ3n) is 4.32. The van der Waals surface area contributed by atoms with Crippen LogP contribution in [0.5, 0.6) is 0 Å². The average molecular weight is 266 g/mol. The molecule has 1 N–H and O–H groups in total. The third kappa shape index (κ3) is 3.49. The van der Waals surface area contributed by atoms with Gasteiger partial charge in [-0.3, -0.25) is 0 Å². The number of alkyl halides is 1. The molecule has 1 aliphatic carbocycles. The molecule has 0 heterocycles. The number of nitrogens with one attached hydrogen (secondary N) is 1. The Bertz CT molecular complexity index is 389. The molecule has 0 bridgehead atoms. The Morgan fingerprint density at radius 3 is 2.67 bits per heavy atom. The van der Waals surface area contributed by atoms with E-state index in [1.807, 2.05) is 0 Å². The lowest BCUT2D eigenvalue weighted by molar-refractivity contribution is 0.395. The lowest BCUT2D eigenvalue weighted by Gasteiger charge is -2.17. The highest BCUT2D eigenvalue weighted by atomic mass is 35.5. The topological polar surface area (TPSA) is 12.0 Å². The molecule has 0 aliphatic heterocycles. The molecular formula is C16H24ClN. The van der Waals surface area contributed by atoms with Crippen LogP contribution in [0, 0.1) is 25.7 Å². The van der Waals surface area contributed by atoms with Gasteiger partial charge in [-0.25, -0.2) is 0 Å². The molecule has 0 spiro atoms. The number of halogens is 1. The molecule has 1 nitrogen and oxygen atoms in total. The average Bonchev–Trinajstić information content (AvgIpc) is 2.81. The molecule has 2 unspecified atom stereocenters. The minimum absolute atomic E-state index is 0.735. The van der Waals surface area contributed by atoms with E-state index in [0.29, 0.717) is 0 Å². The van der Waals surface area contributed by atoms with Crippen molar-refractivity contribution in [1.82, 2.24) is 5.32 Å². The summed E-state index contributed by atoms with van der Waals surface area (Å²) in [5, 5.41) is 3.60. The van der Waals surface area contributed by atoms with Crippen molar-refractivity contribution in [3.05, 3.63) is 34.9 Å². The number of hydrogen-bond acceptors (Lipinski definition) is 1. The van der Waals surface area contributed by atoms with Gasteiger partial charge in [0.05, 0.1) is 0 Å². The van der Waals surface area contributed by atoms with Crippen molar-refractivity contribution in [2.75, 3.05) is 12.4 Å². The summed E-state index contributed by atoms with van der Waals surface area (Å²) in [7, 11) is 0. The van der Waals surface area contributed by atoms with Gasteiger partial charge >= 0.3 is 0 Å². The molecule has 1 saturated carbocycles. The van der Waals surface area contributed by atoms with Gasteiger partial charge in [0.2, 0.25) is 0 Å². The van der Waals surface area contributed by atoms with Crippen LogP contribution in [0.15, 0.2) is 18.2 Å². The van der Waals surface area contributed by atoms with Gasteiger partial charge < -0.3 is 5.32 Å². The van der Waals surface area contributed by atoms with Crippen molar-refractivity contribution in [3.63, 3.8) is 0 Å². The van der Waals surface area contributed by atoms with Gasteiger partial charge in [-0.15, -0.1) is 11.6 Å². The van der Waals surface area contributed by atoms with Crippen molar-refractivity contribution in [2.45, 2.75) is 39.7 Å². The van der Waals surface area contributed by atoms with E-state index in [0.717, 1.165) is 30.8 Å². The molecule has 0 saturated heterocycles. The smallest absolute Gasteiger partial charge is 0.0254 e. The molecule has 1 aromatic carbocycles. The van der Waals surface area contributed by atoms with E-state index >= 15 is 0 Å². The Labute approximate surface area is 116 Å². The highest BCUT2D eigenvalue weighted by molar-refractivity contribution is 6.18. The van der Waals surface area contributed by atoms with Gasteiger partial charge in [-0.2, -0.15) is 0 Å². The fraction of sp³-hybridized carbons (Fsp3) is 0.625. The van der Waals surface area contributed by atoms with Crippen LogP contribution >= 0.6 is 11.6 Å². The lowest BCUT2D eigenvalue weighted by atomic mass is 9.98. The summed E-state index contributed by atoms with van der Waals surface area (Å²) >= 11 is 6.01. The largest absolute Gasteiger partial charge is 0.312 e. The second-order valence-electron chi connectivity index (χ2n) is 5.65. The quantitative estimate of drug-likeness (QED) is 0.792. The maximum absolute atomic E-state index is 6.01. The Balaban J connectivity index is 1.79. The van der Waals surface area contributed by atoms with Gasteiger partial charge in [0.1, 0.15) is 0 Å². The first-order valence-electron chi connectivity index (χ1n) is 7.03. The molecule has 0 amide bonds. The van der Waals surface area contributed by atoms with Crippen LogP contribution in [0.1, 0.15) is 36.0 Å². The molecule has 1 aliphatic rings. The summed E-state index contributed by atoms with van der Waals surface area (Å²) in [5.41, 5.74) is 4.14. The molecule has 0 aromatic heterocycles. The van der Waals surface area contributed by atoms with Gasteiger partial charge in [0, 0.05) is 12.4 Å². The van der Waals surface area contributed by atoms with E-state index in [-0.39, 0.29) is 0 Å². The molecule has 18 heavy (non-hydrogen) atoms. The van der Waals surface area contributed by atoms with Gasteiger partial charge in [-0.05, 0) is 61.8 Å². The van der Waals surface area contributed by atoms with Crippen LogP contribution in [0.2, 0.25) is 0 Å². The number of rotatable bonds is 5. The van der Waals surface area contributed by atoms with Crippen LogP contribution in [0.4, 0.5) is 0 Å². The van der Waals surface area contributed by atoms with Crippen LogP contribution in [0.25, 0.3) is 0 Å². The van der Waals surface area contributed by atoms with Crippen molar-refractivity contribution < 1.29 is 0 Å². The molecule has 1 aromatic rings. The minimum Gasteiger partial charge on any atom is -0.312 e. The van der Waals surface area contributed by atoms with Crippen LogP contribution < -0.4 is 5.32 Å². The zero-order valence-corrected chi connectivity index (χ0v) is 12.3. The summed E-state index contributed by atoms with van der Waals surface area (Å²) in [6.07, 6.45) is 4.02. The highest BCUT2D eigenvalue weighted by Crippen LogP contribution is 2.31. The Morgan fingerprint density at radius 1 is 1.17 bits per heavy atom. The van der Waals surface area contributed by atoms with Crippen molar-refractivity contribution in [1.29, 1.82) is 0 Å². The Morgan fingerprint density at radius 2 is 1.94 bits per heavy atom. The lowest BCUT2D eigenvalue weighted by Crippen LogP contribution is -2.25. The van der Waals surface area contributed by atoms with Crippen molar-refractivity contribution in [3.8, 4) is 0 Å². The molecule has 1 fully saturated rings. The fourth-order valence-electron chi connectivity index (χ4n) is 2.90. The summed E-state index contributed by atoms with van der Waals surface area (Å²) in [4.78, 5) is 0. The highest BCUT2D eigenvalue weighted by Gasteiger charge is 2.25. The summed E-state index contributed by atoms with van der Waals surface area (Å²) < 4.78 is 0. The zero-order valence-electron chi connectivity index (χ0n) is 11.5. The SMILES string of the molecule is Cc1ccc(CNCC2CCCC2CCl)cc1C.